The maximum Gasteiger partial charge on any atom is 0.0474 e. The maximum atomic E-state index is 2.43. The van der Waals surface area contributed by atoms with Crippen LogP contribution in [0.1, 0.15) is 25.0 Å². The van der Waals surface area contributed by atoms with Crippen molar-refractivity contribution in [1.82, 2.24) is 0 Å². The normalized spacial score (nSPS) is 12.7. The standard InChI is InChI=1S/C53H40N2/c1-53(2)50-28-15-14-27-47(50)48-32-31-44(36-51(48)53)55(42-23-10-5-11-24-42)45-34-39-30-29-37-17-12-13-26-46(37)52(39)49(35-45)38-18-16-25-43(33-38)54(40-19-6-3-7-20-40)41-21-8-4-9-22-41/h3-36H,1-2H3. The predicted molar refractivity (Wildman–Crippen MR) is 234 cm³/mol. The lowest BCUT2D eigenvalue weighted by Crippen LogP contribution is -2.16. The van der Waals surface area contributed by atoms with E-state index in [2.05, 4.69) is 230 Å². The summed E-state index contributed by atoms with van der Waals surface area (Å²) in [5.41, 5.74) is 14.4. The Bertz CT molecular complexity index is 2800. The van der Waals surface area contributed by atoms with Crippen molar-refractivity contribution >= 4 is 55.7 Å². The number of rotatable bonds is 7. The highest BCUT2D eigenvalue weighted by molar-refractivity contribution is 6.16. The van der Waals surface area contributed by atoms with Crippen molar-refractivity contribution in [3.05, 3.63) is 217 Å². The molecule has 0 aliphatic heterocycles. The molecule has 0 saturated heterocycles. The van der Waals surface area contributed by atoms with Crippen LogP contribution in [0.4, 0.5) is 34.1 Å². The summed E-state index contributed by atoms with van der Waals surface area (Å²) in [6.45, 7) is 4.71. The first-order chi connectivity index (χ1) is 27.0. The second-order valence-electron chi connectivity index (χ2n) is 15.0. The molecule has 0 saturated carbocycles. The fraction of sp³-hybridized carbons (Fsp3) is 0.0566. The summed E-state index contributed by atoms with van der Waals surface area (Å²) in [6, 6.07) is 75.1. The van der Waals surface area contributed by atoms with E-state index >= 15 is 0 Å². The quantitative estimate of drug-likeness (QED) is 0.152. The molecule has 0 fully saturated rings. The SMILES string of the molecule is CC1(C)c2ccccc2-c2ccc(N(c3ccccc3)c3cc(-c4cccc(N(c5ccccc5)c5ccccc5)c4)c4c(ccc5ccccc54)c3)cc21. The zero-order valence-corrected chi connectivity index (χ0v) is 31.0. The number of anilines is 6. The highest BCUT2D eigenvalue weighted by Crippen LogP contribution is 2.51. The number of hydrogen-bond acceptors (Lipinski definition) is 2. The lowest BCUT2D eigenvalue weighted by atomic mass is 9.82. The summed E-state index contributed by atoms with van der Waals surface area (Å²) < 4.78 is 0. The summed E-state index contributed by atoms with van der Waals surface area (Å²) in [4.78, 5) is 4.77. The van der Waals surface area contributed by atoms with Gasteiger partial charge in [-0.05, 0) is 128 Å². The Hall–Kier alpha value is -6.90. The number of fused-ring (bicyclic) bond motifs is 6. The van der Waals surface area contributed by atoms with E-state index in [9.17, 15) is 0 Å². The molecule has 0 atom stereocenters. The highest BCUT2D eigenvalue weighted by atomic mass is 15.1. The van der Waals surface area contributed by atoms with Gasteiger partial charge in [-0.25, -0.2) is 0 Å². The van der Waals surface area contributed by atoms with Gasteiger partial charge in [0.2, 0.25) is 0 Å². The maximum absolute atomic E-state index is 2.43. The number of nitrogens with zero attached hydrogens (tertiary/aromatic N) is 2. The van der Waals surface area contributed by atoms with Gasteiger partial charge in [0, 0.05) is 39.5 Å². The van der Waals surface area contributed by atoms with Crippen molar-refractivity contribution in [2.45, 2.75) is 19.3 Å². The molecular formula is C53H40N2. The topological polar surface area (TPSA) is 6.48 Å². The first-order valence-electron chi connectivity index (χ1n) is 19.1. The van der Waals surface area contributed by atoms with Crippen molar-refractivity contribution in [1.29, 1.82) is 0 Å². The molecule has 9 aromatic carbocycles. The average molecular weight is 705 g/mol. The Morgan fingerprint density at radius 2 is 0.873 bits per heavy atom. The van der Waals surface area contributed by atoms with Gasteiger partial charge in [0.25, 0.3) is 0 Å². The third-order valence-corrected chi connectivity index (χ3v) is 11.4. The average Bonchev–Trinajstić information content (AvgIpc) is 3.47. The first-order valence-corrected chi connectivity index (χ1v) is 19.1. The summed E-state index contributed by atoms with van der Waals surface area (Å²) in [7, 11) is 0. The smallest absolute Gasteiger partial charge is 0.0474 e. The van der Waals surface area contributed by atoms with Crippen LogP contribution in [-0.4, -0.2) is 0 Å². The van der Waals surface area contributed by atoms with Crippen LogP contribution in [0.5, 0.6) is 0 Å². The van der Waals surface area contributed by atoms with E-state index in [0.29, 0.717) is 0 Å². The van der Waals surface area contributed by atoms with Crippen LogP contribution in [0.15, 0.2) is 206 Å². The minimum Gasteiger partial charge on any atom is -0.310 e. The minimum absolute atomic E-state index is 0.110. The lowest BCUT2D eigenvalue weighted by Gasteiger charge is -2.29. The first kappa shape index (κ1) is 32.7. The van der Waals surface area contributed by atoms with Crippen molar-refractivity contribution < 1.29 is 0 Å². The van der Waals surface area contributed by atoms with Gasteiger partial charge in [0.1, 0.15) is 0 Å². The van der Waals surface area contributed by atoms with Crippen molar-refractivity contribution in [3.8, 4) is 22.3 Å². The van der Waals surface area contributed by atoms with Gasteiger partial charge in [0.15, 0.2) is 0 Å². The summed E-state index contributed by atoms with van der Waals surface area (Å²) in [6.07, 6.45) is 0. The molecule has 2 heteroatoms. The summed E-state index contributed by atoms with van der Waals surface area (Å²) in [5.74, 6) is 0. The van der Waals surface area contributed by atoms with Gasteiger partial charge < -0.3 is 9.80 Å². The van der Waals surface area contributed by atoms with Gasteiger partial charge in [-0.3, -0.25) is 0 Å². The summed E-state index contributed by atoms with van der Waals surface area (Å²) in [5, 5.41) is 4.94. The molecule has 9 aromatic rings. The molecule has 262 valence electrons. The second-order valence-corrected chi connectivity index (χ2v) is 15.0. The molecule has 0 spiro atoms. The molecule has 0 heterocycles. The van der Waals surface area contributed by atoms with E-state index in [1.165, 1.54) is 49.4 Å². The Kier molecular flexibility index (Phi) is 7.85. The van der Waals surface area contributed by atoms with Gasteiger partial charge >= 0.3 is 0 Å². The number of hydrogen-bond donors (Lipinski definition) is 0. The largest absolute Gasteiger partial charge is 0.310 e. The fourth-order valence-corrected chi connectivity index (χ4v) is 8.76. The zero-order chi connectivity index (χ0) is 36.9. The third kappa shape index (κ3) is 5.57. The van der Waals surface area contributed by atoms with Crippen LogP contribution in [0.25, 0.3) is 43.8 Å². The molecule has 0 radical (unpaired) electrons. The molecule has 1 aliphatic carbocycles. The number of para-hydroxylation sites is 3. The molecule has 2 nitrogen and oxygen atoms in total. The molecule has 0 amide bonds. The minimum atomic E-state index is -0.110. The molecule has 0 bridgehead atoms. The Morgan fingerprint density at radius 1 is 0.327 bits per heavy atom. The highest BCUT2D eigenvalue weighted by Gasteiger charge is 2.35. The second kappa shape index (κ2) is 13.2. The van der Waals surface area contributed by atoms with E-state index < -0.39 is 0 Å². The molecule has 0 unspecified atom stereocenters. The summed E-state index contributed by atoms with van der Waals surface area (Å²) >= 11 is 0. The van der Waals surface area contributed by atoms with Gasteiger partial charge in [-0.1, -0.05) is 147 Å². The Labute approximate surface area is 323 Å². The molecule has 55 heavy (non-hydrogen) atoms. The zero-order valence-electron chi connectivity index (χ0n) is 31.0. The van der Waals surface area contributed by atoms with Crippen molar-refractivity contribution in [2.24, 2.45) is 0 Å². The van der Waals surface area contributed by atoms with E-state index in [1.54, 1.807) is 0 Å². The lowest BCUT2D eigenvalue weighted by molar-refractivity contribution is 0.660. The third-order valence-electron chi connectivity index (χ3n) is 11.4. The van der Waals surface area contributed by atoms with E-state index in [4.69, 9.17) is 0 Å². The molecule has 0 N–H and O–H groups in total. The van der Waals surface area contributed by atoms with Crippen LogP contribution in [0.3, 0.4) is 0 Å². The van der Waals surface area contributed by atoms with Crippen molar-refractivity contribution in [3.63, 3.8) is 0 Å². The van der Waals surface area contributed by atoms with Crippen molar-refractivity contribution in [2.75, 3.05) is 9.80 Å². The predicted octanol–water partition coefficient (Wildman–Crippen LogP) is 14.9. The van der Waals surface area contributed by atoms with Crippen LogP contribution < -0.4 is 9.80 Å². The molecule has 1 aliphatic rings. The van der Waals surface area contributed by atoms with E-state index in [0.717, 1.165) is 39.7 Å². The molecule has 10 rings (SSSR count). The van der Waals surface area contributed by atoms with E-state index in [1.807, 2.05) is 0 Å². The van der Waals surface area contributed by atoms with E-state index in [-0.39, 0.29) is 5.41 Å². The van der Waals surface area contributed by atoms with Crippen LogP contribution in [0.2, 0.25) is 0 Å². The Morgan fingerprint density at radius 3 is 1.58 bits per heavy atom. The Balaban J connectivity index is 1.21. The molecular weight excluding hydrogens is 665 g/mol. The monoisotopic (exact) mass is 704 g/mol. The van der Waals surface area contributed by atoms with Gasteiger partial charge in [-0.2, -0.15) is 0 Å². The van der Waals surface area contributed by atoms with Gasteiger partial charge in [0.05, 0.1) is 0 Å². The number of benzene rings is 9. The van der Waals surface area contributed by atoms with Crippen LogP contribution in [0, 0.1) is 0 Å². The fourth-order valence-electron chi connectivity index (χ4n) is 8.76. The van der Waals surface area contributed by atoms with Gasteiger partial charge in [-0.15, -0.1) is 0 Å². The molecule has 0 aromatic heterocycles. The van der Waals surface area contributed by atoms with Crippen LogP contribution >= 0.6 is 0 Å². The van der Waals surface area contributed by atoms with Crippen LogP contribution in [-0.2, 0) is 5.41 Å².